The van der Waals surface area contributed by atoms with E-state index in [4.69, 9.17) is 23.2 Å². The van der Waals surface area contributed by atoms with Crippen molar-refractivity contribution in [2.75, 3.05) is 0 Å². The van der Waals surface area contributed by atoms with Gasteiger partial charge in [-0.3, -0.25) is 0 Å². The second-order valence-corrected chi connectivity index (χ2v) is 4.54. The third-order valence-electron chi connectivity index (χ3n) is 1.43. The Balaban J connectivity index is 2.57. The van der Waals surface area contributed by atoms with Gasteiger partial charge in [0.2, 0.25) is 0 Å². The van der Waals surface area contributed by atoms with E-state index in [1.165, 1.54) is 11.3 Å². The number of aromatic nitrogens is 3. The maximum absolute atomic E-state index is 5.83. The first kappa shape index (κ1) is 10.3. The van der Waals surface area contributed by atoms with Crippen LogP contribution in [0.15, 0.2) is 15.4 Å². The summed E-state index contributed by atoms with van der Waals surface area (Å²) < 4.78 is 0.500. The smallest absolute Gasteiger partial charge is 0.181 e. The van der Waals surface area contributed by atoms with Gasteiger partial charge in [-0.05, 0) is 15.9 Å². The molecule has 0 bridgehead atoms. The Labute approximate surface area is 102 Å². The average molecular weight is 311 g/mol. The van der Waals surface area contributed by atoms with Crippen LogP contribution in [0.2, 0.25) is 10.3 Å². The first-order valence-electron chi connectivity index (χ1n) is 3.45. The van der Waals surface area contributed by atoms with Crippen LogP contribution in [0, 0.1) is 0 Å². The maximum atomic E-state index is 5.83. The summed E-state index contributed by atoms with van der Waals surface area (Å²) in [6.07, 6.45) is 0. The van der Waals surface area contributed by atoms with Crippen LogP contribution in [0.3, 0.4) is 0 Å². The Hall–Kier alpha value is -0.230. The monoisotopic (exact) mass is 309 g/mol. The highest BCUT2D eigenvalue weighted by Crippen LogP contribution is 2.29. The fraction of sp³-hybridized carbons (Fsp3) is 0. The minimum Gasteiger partial charge on any atom is -0.241 e. The van der Waals surface area contributed by atoms with Gasteiger partial charge in [-0.2, -0.15) is 0 Å². The standard InChI is InChI=1S/C7H2BrCl2N3S/c8-4-5(9)12-7(13-6(4)10)3-1-14-2-11-3/h1-2H. The lowest BCUT2D eigenvalue weighted by Gasteiger charge is -2.00. The van der Waals surface area contributed by atoms with Crippen molar-refractivity contribution in [3.05, 3.63) is 25.7 Å². The summed E-state index contributed by atoms with van der Waals surface area (Å²) in [6.45, 7) is 0. The molecule has 72 valence electrons. The largest absolute Gasteiger partial charge is 0.241 e. The van der Waals surface area contributed by atoms with Crippen molar-refractivity contribution >= 4 is 50.5 Å². The topological polar surface area (TPSA) is 38.7 Å². The lowest BCUT2D eigenvalue weighted by atomic mass is 10.4. The minimum atomic E-state index is 0.285. The van der Waals surface area contributed by atoms with Crippen molar-refractivity contribution in [3.63, 3.8) is 0 Å². The predicted molar refractivity (Wildman–Crippen MR) is 60.9 cm³/mol. The average Bonchev–Trinajstić information content (AvgIpc) is 2.66. The number of halogens is 3. The number of rotatable bonds is 1. The predicted octanol–water partition coefficient (Wildman–Crippen LogP) is 3.67. The fourth-order valence-corrected chi connectivity index (χ4v) is 1.93. The molecule has 7 heteroatoms. The molecule has 0 amide bonds. The van der Waals surface area contributed by atoms with Gasteiger partial charge in [-0.1, -0.05) is 23.2 Å². The number of thiazole rings is 1. The van der Waals surface area contributed by atoms with Gasteiger partial charge in [0, 0.05) is 5.38 Å². The van der Waals surface area contributed by atoms with Crippen molar-refractivity contribution < 1.29 is 0 Å². The van der Waals surface area contributed by atoms with E-state index >= 15 is 0 Å². The Kier molecular flexibility index (Phi) is 3.02. The molecule has 0 radical (unpaired) electrons. The van der Waals surface area contributed by atoms with Crippen LogP contribution in [0.25, 0.3) is 11.5 Å². The zero-order chi connectivity index (χ0) is 10.1. The van der Waals surface area contributed by atoms with E-state index in [2.05, 4.69) is 30.9 Å². The normalized spacial score (nSPS) is 10.5. The summed E-state index contributed by atoms with van der Waals surface area (Å²) in [6, 6.07) is 0. The third-order valence-corrected chi connectivity index (χ3v) is 3.77. The summed E-state index contributed by atoms with van der Waals surface area (Å²) in [4.78, 5) is 12.1. The van der Waals surface area contributed by atoms with Gasteiger partial charge in [0.15, 0.2) is 5.82 Å². The molecule has 0 unspecified atom stereocenters. The van der Waals surface area contributed by atoms with Gasteiger partial charge in [-0.15, -0.1) is 11.3 Å². The van der Waals surface area contributed by atoms with Gasteiger partial charge < -0.3 is 0 Å². The highest BCUT2D eigenvalue weighted by atomic mass is 79.9. The molecule has 2 heterocycles. The van der Waals surface area contributed by atoms with E-state index in [9.17, 15) is 0 Å². The molecule has 0 spiro atoms. The van der Waals surface area contributed by atoms with Crippen molar-refractivity contribution in [3.8, 4) is 11.5 Å². The Bertz CT molecular complexity index is 437. The molecule has 0 aliphatic rings. The molecule has 0 N–H and O–H groups in total. The van der Waals surface area contributed by atoms with Gasteiger partial charge in [0.1, 0.15) is 16.0 Å². The second-order valence-electron chi connectivity index (χ2n) is 2.32. The lowest BCUT2D eigenvalue weighted by molar-refractivity contribution is 1.14. The van der Waals surface area contributed by atoms with Crippen molar-refractivity contribution in [2.24, 2.45) is 0 Å². The fourth-order valence-electron chi connectivity index (χ4n) is 0.832. The highest BCUT2D eigenvalue weighted by Gasteiger charge is 2.11. The molecule has 0 aliphatic carbocycles. The number of nitrogens with zero attached hydrogens (tertiary/aromatic N) is 3. The molecule has 0 aliphatic heterocycles. The summed E-state index contributed by atoms with van der Waals surface area (Å²) in [7, 11) is 0. The molecule has 0 aromatic carbocycles. The van der Waals surface area contributed by atoms with Crippen molar-refractivity contribution in [1.29, 1.82) is 0 Å². The zero-order valence-corrected chi connectivity index (χ0v) is 10.5. The summed E-state index contributed by atoms with van der Waals surface area (Å²) in [5.74, 6) is 0.435. The molecule has 14 heavy (non-hydrogen) atoms. The Morgan fingerprint density at radius 3 is 2.36 bits per heavy atom. The summed E-state index contributed by atoms with van der Waals surface area (Å²) in [5.41, 5.74) is 2.37. The van der Waals surface area contributed by atoms with E-state index in [1.54, 1.807) is 5.51 Å². The SMILES string of the molecule is Clc1nc(-c2cscn2)nc(Cl)c1Br. The van der Waals surface area contributed by atoms with Crippen LogP contribution in [-0.2, 0) is 0 Å². The quantitative estimate of drug-likeness (QED) is 0.754. The summed E-state index contributed by atoms with van der Waals surface area (Å²) in [5, 5.41) is 2.40. The summed E-state index contributed by atoms with van der Waals surface area (Å²) >= 11 is 16.3. The Morgan fingerprint density at radius 1 is 1.21 bits per heavy atom. The highest BCUT2D eigenvalue weighted by molar-refractivity contribution is 9.10. The molecule has 0 atom stereocenters. The molecule has 0 fully saturated rings. The molecule has 2 aromatic heterocycles. The zero-order valence-electron chi connectivity index (χ0n) is 6.54. The Morgan fingerprint density at radius 2 is 1.86 bits per heavy atom. The maximum Gasteiger partial charge on any atom is 0.181 e. The van der Waals surface area contributed by atoms with Gasteiger partial charge in [-0.25, -0.2) is 15.0 Å². The van der Waals surface area contributed by atoms with Gasteiger partial charge >= 0.3 is 0 Å². The molecule has 2 rings (SSSR count). The van der Waals surface area contributed by atoms with Crippen LogP contribution in [0.4, 0.5) is 0 Å². The van der Waals surface area contributed by atoms with Crippen LogP contribution in [0.5, 0.6) is 0 Å². The van der Waals surface area contributed by atoms with E-state index < -0.39 is 0 Å². The third kappa shape index (κ3) is 1.91. The molecule has 0 saturated heterocycles. The van der Waals surface area contributed by atoms with E-state index in [-0.39, 0.29) is 10.3 Å². The van der Waals surface area contributed by atoms with Crippen LogP contribution in [0.1, 0.15) is 0 Å². The molecule has 3 nitrogen and oxygen atoms in total. The van der Waals surface area contributed by atoms with Crippen LogP contribution in [-0.4, -0.2) is 15.0 Å². The second kappa shape index (κ2) is 4.10. The van der Waals surface area contributed by atoms with E-state index in [0.717, 1.165) is 0 Å². The number of hydrogen-bond donors (Lipinski definition) is 0. The first-order chi connectivity index (χ1) is 6.68. The van der Waals surface area contributed by atoms with Gasteiger partial charge in [0.05, 0.1) is 9.98 Å². The molecular formula is C7H2BrCl2N3S. The van der Waals surface area contributed by atoms with Crippen LogP contribution < -0.4 is 0 Å². The first-order valence-corrected chi connectivity index (χ1v) is 5.94. The van der Waals surface area contributed by atoms with Crippen molar-refractivity contribution in [1.82, 2.24) is 15.0 Å². The van der Waals surface area contributed by atoms with E-state index in [1.807, 2.05) is 5.38 Å². The lowest BCUT2D eigenvalue weighted by Crippen LogP contribution is -1.91. The number of hydrogen-bond acceptors (Lipinski definition) is 4. The van der Waals surface area contributed by atoms with E-state index in [0.29, 0.717) is 16.0 Å². The minimum absolute atomic E-state index is 0.285. The molecule has 2 aromatic rings. The molecular weight excluding hydrogens is 309 g/mol. The van der Waals surface area contributed by atoms with Crippen molar-refractivity contribution in [2.45, 2.75) is 0 Å². The van der Waals surface area contributed by atoms with Gasteiger partial charge in [0.25, 0.3) is 0 Å². The molecule has 0 saturated carbocycles. The van der Waals surface area contributed by atoms with Crippen LogP contribution >= 0.6 is 50.5 Å².